The third kappa shape index (κ3) is 7.28. The van der Waals surface area contributed by atoms with Crippen LogP contribution in [0.4, 0.5) is 11.4 Å². The van der Waals surface area contributed by atoms with Crippen LogP contribution in [0.25, 0.3) is 0 Å². The van der Waals surface area contributed by atoms with Gasteiger partial charge in [0, 0.05) is 62.4 Å². The van der Waals surface area contributed by atoms with Crippen LogP contribution in [0.5, 0.6) is 0 Å². The minimum absolute atomic E-state index is 0.0353. The lowest BCUT2D eigenvalue weighted by Crippen LogP contribution is -2.37. The van der Waals surface area contributed by atoms with E-state index < -0.39 is 95.4 Å². The minimum Gasteiger partial charge on any atom is -0.274 e. The fourth-order valence-corrected chi connectivity index (χ4v) is 7.18. The SMILES string of the molecule is [2H]C([2H])(CN(CC)S(=O)(=O)c1ccc([N+](=O)[O-])cc1)C([2H])([2H])N(CCCCN1C(=O)c2ccccc2C1=O)S(=O)(=O)c1ccc([N+](=O)[O-])cc1. The van der Waals surface area contributed by atoms with Crippen LogP contribution in [0.15, 0.2) is 82.6 Å². The van der Waals surface area contributed by atoms with E-state index in [-0.39, 0.29) is 34.8 Å². The molecule has 0 saturated heterocycles. The molecule has 1 aliphatic rings. The molecule has 0 unspecified atom stereocenters. The van der Waals surface area contributed by atoms with Crippen LogP contribution < -0.4 is 0 Å². The van der Waals surface area contributed by atoms with Crippen molar-refractivity contribution in [3.05, 3.63) is 104 Å². The van der Waals surface area contributed by atoms with E-state index in [4.69, 9.17) is 5.48 Å². The zero-order chi connectivity index (χ0) is 37.2. The fourth-order valence-electron chi connectivity index (χ4n) is 4.54. The third-order valence-electron chi connectivity index (χ3n) is 7.00. The van der Waals surface area contributed by atoms with Gasteiger partial charge in [0.1, 0.15) is 0 Å². The van der Waals surface area contributed by atoms with Crippen molar-refractivity contribution in [2.75, 3.05) is 32.7 Å². The lowest BCUT2D eigenvalue weighted by atomic mass is 10.1. The molecule has 15 nitrogen and oxygen atoms in total. The zero-order valence-electron chi connectivity index (χ0n) is 28.3. The summed E-state index contributed by atoms with van der Waals surface area (Å²) < 4.78 is 90.5. The molecule has 0 aliphatic carbocycles. The Morgan fingerprint density at radius 2 is 1.17 bits per heavy atom. The third-order valence-corrected chi connectivity index (χ3v) is 10.7. The number of amides is 2. The highest BCUT2D eigenvalue weighted by Gasteiger charge is 2.35. The van der Waals surface area contributed by atoms with Gasteiger partial charge >= 0.3 is 0 Å². The molecule has 0 radical (unpaired) electrons. The smallest absolute Gasteiger partial charge is 0.269 e. The predicted molar refractivity (Wildman–Crippen MR) is 165 cm³/mol. The summed E-state index contributed by atoms with van der Waals surface area (Å²) in [6.07, 6.45) is -3.49. The Balaban J connectivity index is 1.63. The van der Waals surface area contributed by atoms with Gasteiger partial charge in [-0.15, -0.1) is 0 Å². The topological polar surface area (TPSA) is 198 Å². The number of sulfonamides is 2. The number of imide groups is 1. The van der Waals surface area contributed by atoms with E-state index >= 15 is 0 Å². The van der Waals surface area contributed by atoms with E-state index in [9.17, 15) is 46.7 Å². The average Bonchev–Trinajstić information content (AvgIpc) is 3.31. The number of benzene rings is 3. The van der Waals surface area contributed by atoms with Gasteiger partial charge in [0.25, 0.3) is 23.2 Å². The molecule has 4 rings (SSSR count). The first-order chi connectivity index (χ1) is 23.3. The Kier molecular flexibility index (Phi) is 8.93. The summed E-state index contributed by atoms with van der Waals surface area (Å²) in [7, 11) is -9.55. The van der Waals surface area contributed by atoms with Gasteiger partial charge in [-0.05, 0) is 55.6 Å². The standard InChI is InChI=1S/C29H31N5O10S2/c1-2-30(45(41,42)24-14-10-22(11-15-24)33(37)38)19-7-20-31(46(43,44)25-16-12-23(13-17-25)34(39)40)18-5-6-21-32-28(35)26-8-3-4-9-27(26)29(32)36/h3-4,8-17H,2,5-7,18-21H2,1H3/i7D2,20D2. The van der Waals surface area contributed by atoms with E-state index in [2.05, 4.69) is 0 Å². The maximum atomic E-state index is 13.9. The van der Waals surface area contributed by atoms with Crippen molar-refractivity contribution in [2.24, 2.45) is 0 Å². The van der Waals surface area contributed by atoms with Gasteiger partial charge in [-0.2, -0.15) is 8.61 Å². The van der Waals surface area contributed by atoms with Gasteiger partial charge in [0.15, 0.2) is 0 Å². The molecule has 0 fully saturated rings. The molecule has 0 N–H and O–H groups in total. The fraction of sp³-hybridized carbons (Fsp3) is 0.310. The second-order valence-electron chi connectivity index (χ2n) is 9.81. The Bertz CT molecular complexity index is 2000. The van der Waals surface area contributed by atoms with E-state index in [0.29, 0.717) is 4.31 Å². The number of fused-ring (bicyclic) bond motifs is 1. The van der Waals surface area contributed by atoms with Crippen molar-refractivity contribution in [2.45, 2.75) is 35.9 Å². The zero-order valence-corrected chi connectivity index (χ0v) is 25.9. The normalized spacial score (nSPS) is 15.3. The monoisotopic (exact) mass is 677 g/mol. The maximum Gasteiger partial charge on any atom is 0.269 e. The number of hydrogen-bond acceptors (Lipinski definition) is 10. The summed E-state index contributed by atoms with van der Waals surface area (Å²) in [5, 5.41) is 22.2. The lowest BCUT2D eigenvalue weighted by Gasteiger charge is -2.25. The van der Waals surface area contributed by atoms with Gasteiger partial charge in [-0.25, -0.2) is 16.8 Å². The number of unbranched alkanes of at least 4 members (excludes halogenated alkanes) is 1. The van der Waals surface area contributed by atoms with Crippen molar-refractivity contribution in [3.63, 3.8) is 0 Å². The first-order valence-electron chi connectivity index (χ1n) is 15.7. The van der Waals surface area contributed by atoms with Gasteiger partial charge in [0.2, 0.25) is 20.0 Å². The largest absolute Gasteiger partial charge is 0.274 e. The maximum absolute atomic E-state index is 13.9. The van der Waals surface area contributed by atoms with Crippen LogP contribution in [-0.2, 0) is 20.0 Å². The van der Waals surface area contributed by atoms with Crippen LogP contribution in [0.3, 0.4) is 0 Å². The molecule has 0 saturated carbocycles. The minimum atomic E-state index is -4.98. The molecule has 0 aromatic heterocycles. The number of rotatable bonds is 16. The quantitative estimate of drug-likeness (QED) is 0.0933. The molecule has 244 valence electrons. The molecule has 46 heavy (non-hydrogen) atoms. The molecule has 17 heteroatoms. The Labute approximate surface area is 271 Å². The summed E-state index contributed by atoms with van der Waals surface area (Å²) in [6.45, 7) is -4.62. The number of nitro benzene ring substituents is 2. The summed E-state index contributed by atoms with van der Waals surface area (Å²) in [5.74, 6) is -1.14. The first kappa shape index (κ1) is 28.9. The molecule has 2 amide bonds. The van der Waals surface area contributed by atoms with Crippen molar-refractivity contribution >= 4 is 43.2 Å². The highest BCUT2D eigenvalue weighted by atomic mass is 32.2. The van der Waals surface area contributed by atoms with Gasteiger partial charge in [0.05, 0.1) is 30.8 Å². The number of hydrogen-bond donors (Lipinski definition) is 0. The Morgan fingerprint density at radius 1 is 0.717 bits per heavy atom. The molecule has 0 bridgehead atoms. The number of carbonyl (C=O) groups excluding carboxylic acids is 2. The van der Waals surface area contributed by atoms with Crippen molar-refractivity contribution in [3.8, 4) is 0 Å². The summed E-state index contributed by atoms with van der Waals surface area (Å²) in [4.78, 5) is 46.1. The molecule has 1 heterocycles. The van der Waals surface area contributed by atoms with E-state index in [1.807, 2.05) is 0 Å². The molecule has 0 atom stereocenters. The van der Waals surface area contributed by atoms with Gasteiger partial charge in [-0.1, -0.05) is 19.1 Å². The summed E-state index contributed by atoms with van der Waals surface area (Å²) >= 11 is 0. The van der Waals surface area contributed by atoms with Crippen LogP contribution in [0, 0.1) is 20.2 Å². The van der Waals surface area contributed by atoms with Crippen molar-refractivity contribution in [1.82, 2.24) is 13.5 Å². The molecular formula is C29H31N5O10S2. The van der Waals surface area contributed by atoms with Crippen LogP contribution in [0.1, 0.15) is 52.3 Å². The van der Waals surface area contributed by atoms with Gasteiger partial charge < -0.3 is 0 Å². The Hall–Kier alpha value is -4.58. The van der Waals surface area contributed by atoms with E-state index in [1.165, 1.54) is 19.1 Å². The molecule has 3 aromatic rings. The van der Waals surface area contributed by atoms with Crippen LogP contribution in [-0.4, -0.2) is 84.7 Å². The molecule has 3 aromatic carbocycles. The lowest BCUT2D eigenvalue weighted by molar-refractivity contribution is -0.385. The van der Waals surface area contributed by atoms with Crippen LogP contribution in [0.2, 0.25) is 0 Å². The second kappa shape index (κ2) is 14.2. The predicted octanol–water partition coefficient (Wildman–Crippen LogP) is 3.67. The van der Waals surface area contributed by atoms with Crippen molar-refractivity contribution in [1.29, 1.82) is 0 Å². The highest BCUT2D eigenvalue weighted by molar-refractivity contribution is 7.89. The second-order valence-corrected chi connectivity index (χ2v) is 13.6. The highest BCUT2D eigenvalue weighted by Crippen LogP contribution is 2.25. The Morgan fingerprint density at radius 3 is 1.61 bits per heavy atom. The molecular weight excluding hydrogens is 642 g/mol. The number of carbonyl (C=O) groups is 2. The number of non-ortho nitro benzene ring substituents is 2. The molecule has 1 aliphatic heterocycles. The molecule has 0 spiro atoms. The first-order valence-corrected chi connectivity index (χ1v) is 16.6. The summed E-state index contributed by atoms with van der Waals surface area (Å²) in [5.41, 5.74) is -0.499. The van der Waals surface area contributed by atoms with E-state index in [1.54, 1.807) is 12.1 Å². The van der Waals surface area contributed by atoms with Gasteiger partial charge in [-0.3, -0.25) is 34.7 Å². The number of nitrogens with zero attached hydrogens (tertiary/aromatic N) is 5. The summed E-state index contributed by atoms with van der Waals surface area (Å²) in [6, 6.07) is 13.3. The average molecular weight is 678 g/mol. The van der Waals surface area contributed by atoms with Crippen molar-refractivity contribution < 1.29 is 41.8 Å². The number of nitro groups is 2. The van der Waals surface area contributed by atoms with E-state index in [0.717, 1.165) is 53.4 Å². The van der Waals surface area contributed by atoms with Crippen LogP contribution >= 0.6 is 0 Å².